The van der Waals surface area contributed by atoms with Gasteiger partial charge in [0, 0.05) is 12.2 Å². The zero-order chi connectivity index (χ0) is 11.4. The Morgan fingerprint density at radius 2 is 2.00 bits per heavy atom. The van der Waals surface area contributed by atoms with Crippen LogP contribution in [-0.4, -0.2) is 11.6 Å². The summed E-state index contributed by atoms with van der Waals surface area (Å²) in [6.45, 7) is 0. The Morgan fingerprint density at radius 1 is 1.31 bits per heavy atom. The molecule has 0 saturated heterocycles. The van der Waals surface area contributed by atoms with E-state index in [2.05, 4.69) is 24.3 Å². The van der Waals surface area contributed by atoms with Gasteiger partial charge in [0.25, 0.3) is 0 Å². The van der Waals surface area contributed by atoms with E-state index >= 15 is 0 Å². The van der Waals surface area contributed by atoms with Crippen LogP contribution in [0, 0.1) is 10.8 Å². The summed E-state index contributed by atoms with van der Waals surface area (Å²) in [4.78, 5) is 0. The molecule has 0 aromatic heterocycles. The molecule has 0 amide bonds. The summed E-state index contributed by atoms with van der Waals surface area (Å²) in [5.74, 6) is 2.56. The van der Waals surface area contributed by atoms with E-state index in [4.69, 9.17) is 11.1 Å². The molecule has 86 valence electrons. The minimum atomic E-state index is 0.345. The Labute approximate surface area is 101 Å². The highest BCUT2D eigenvalue weighted by Gasteiger charge is 2.42. The van der Waals surface area contributed by atoms with Crippen LogP contribution in [0.4, 0.5) is 0 Å². The lowest BCUT2D eigenvalue weighted by molar-refractivity contribution is 0.612. The van der Waals surface area contributed by atoms with Gasteiger partial charge in [0.2, 0.25) is 0 Å². The smallest absolute Gasteiger partial charge is 0.0911 e. The maximum Gasteiger partial charge on any atom is 0.0911 e. The summed E-state index contributed by atoms with van der Waals surface area (Å²) in [5.41, 5.74) is 7.22. The Balaban J connectivity index is 1.74. The highest BCUT2D eigenvalue weighted by Crippen LogP contribution is 2.51. The van der Waals surface area contributed by atoms with Crippen molar-refractivity contribution in [2.24, 2.45) is 11.1 Å². The van der Waals surface area contributed by atoms with Gasteiger partial charge >= 0.3 is 0 Å². The Morgan fingerprint density at radius 3 is 2.56 bits per heavy atom. The van der Waals surface area contributed by atoms with Crippen molar-refractivity contribution in [1.82, 2.24) is 0 Å². The van der Waals surface area contributed by atoms with Crippen molar-refractivity contribution >= 4 is 17.6 Å². The molecule has 1 aliphatic rings. The van der Waals surface area contributed by atoms with Gasteiger partial charge in [0.05, 0.1) is 5.84 Å². The lowest BCUT2D eigenvalue weighted by atomic mass is 10.1. The molecule has 0 spiro atoms. The minimum absolute atomic E-state index is 0.345. The topological polar surface area (TPSA) is 49.9 Å². The fourth-order valence-electron chi connectivity index (χ4n) is 1.91. The van der Waals surface area contributed by atoms with Gasteiger partial charge in [-0.3, -0.25) is 5.41 Å². The number of nitrogens with one attached hydrogen (secondary N) is 1. The molecule has 16 heavy (non-hydrogen) atoms. The van der Waals surface area contributed by atoms with Crippen molar-refractivity contribution in [3.05, 3.63) is 35.9 Å². The van der Waals surface area contributed by atoms with Gasteiger partial charge in [0.15, 0.2) is 0 Å². The monoisotopic (exact) mass is 234 g/mol. The largest absolute Gasteiger partial charge is 0.388 e. The highest BCUT2D eigenvalue weighted by atomic mass is 32.2. The second-order valence-electron chi connectivity index (χ2n) is 4.68. The van der Waals surface area contributed by atoms with Crippen molar-refractivity contribution in [3.63, 3.8) is 0 Å². The maximum absolute atomic E-state index is 7.36. The highest BCUT2D eigenvalue weighted by molar-refractivity contribution is 7.98. The van der Waals surface area contributed by atoms with Crippen LogP contribution in [0.5, 0.6) is 0 Å². The molecule has 0 radical (unpaired) electrons. The van der Waals surface area contributed by atoms with Gasteiger partial charge in [-0.05, 0) is 29.6 Å². The predicted octanol–water partition coefficient (Wildman–Crippen LogP) is 3.03. The molecule has 1 aromatic rings. The fraction of sp³-hybridized carbons (Fsp3) is 0.462. The third-order valence-corrected chi connectivity index (χ3v) is 4.40. The van der Waals surface area contributed by atoms with Crippen LogP contribution in [0.25, 0.3) is 0 Å². The Kier molecular flexibility index (Phi) is 3.54. The predicted molar refractivity (Wildman–Crippen MR) is 70.8 cm³/mol. The first-order chi connectivity index (χ1) is 7.70. The fourth-order valence-corrected chi connectivity index (χ4v) is 3.27. The second kappa shape index (κ2) is 4.91. The number of benzene rings is 1. The number of hydrogen-bond acceptors (Lipinski definition) is 2. The maximum atomic E-state index is 7.36. The van der Waals surface area contributed by atoms with Crippen LogP contribution in [0.1, 0.15) is 24.8 Å². The molecule has 3 N–H and O–H groups in total. The molecule has 2 rings (SSSR count). The number of amidine groups is 1. The van der Waals surface area contributed by atoms with Gasteiger partial charge in [-0.1, -0.05) is 30.3 Å². The van der Waals surface area contributed by atoms with Crippen molar-refractivity contribution in [3.8, 4) is 0 Å². The summed E-state index contributed by atoms with van der Waals surface area (Å²) in [6.07, 6.45) is 3.28. The molecular formula is C13H18N2S. The Hall–Kier alpha value is -0.960. The van der Waals surface area contributed by atoms with E-state index in [9.17, 15) is 0 Å². The van der Waals surface area contributed by atoms with E-state index in [1.54, 1.807) is 0 Å². The van der Waals surface area contributed by atoms with E-state index in [1.807, 2.05) is 17.8 Å². The molecular weight excluding hydrogens is 216 g/mol. The van der Waals surface area contributed by atoms with Crippen LogP contribution in [-0.2, 0) is 5.75 Å². The SMILES string of the molecule is N=C(N)CC1(CSCc2ccccc2)CC1. The minimum Gasteiger partial charge on any atom is -0.388 e. The van der Waals surface area contributed by atoms with E-state index in [1.165, 1.54) is 18.4 Å². The molecule has 0 bridgehead atoms. The molecule has 2 nitrogen and oxygen atoms in total. The molecule has 1 aromatic carbocycles. The van der Waals surface area contributed by atoms with E-state index in [-0.39, 0.29) is 0 Å². The number of rotatable bonds is 6. The van der Waals surface area contributed by atoms with Crippen molar-refractivity contribution < 1.29 is 0 Å². The zero-order valence-corrected chi connectivity index (χ0v) is 10.2. The molecule has 0 atom stereocenters. The first-order valence-electron chi connectivity index (χ1n) is 5.65. The molecule has 1 saturated carbocycles. The average molecular weight is 234 g/mol. The quantitative estimate of drug-likeness (QED) is 0.587. The lowest BCUT2D eigenvalue weighted by Gasteiger charge is -2.13. The van der Waals surface area contributed by atoms with Crippen LogP contribution in [0.3, 0.4) is 0 Å². The summed E-state index contributed by atoms with van der Waals surface area (Å²) in [6, 6.07) is 10.5. The van der Waals surface area contributed by atoms with Crippen molar-refractivity contribution in [1.29, 1.82) is 5.41 Å². The number of hydrogen-bond donors (Lipinski definition) is 2. The van der Waals surface area contributed by atoms with Crippen molar-refractivity contribution in [2.75, 3.05) is 5.75 Å². The van der Waals surface area contributed by atoms with Gasteiger partial charge in [-0.2, -0.15) is 11.8 Å². The van der Waals surface area contributed by atoms with E-state index in [0.29, 0.717) is 11.3 Å². The summed E-state index contributed by atoms with van der Waals surface area (Å²) < 4.78 is 0. The molecule has 3 heteroatoms. The number of nitrogens with two attached hydrogens (primary N) is 1. The second-order valence-corrected chi connectivity index (χ2v) is 5.67. The van der Waals surface area contributed by atoms with E-state index < -0.39 is 0 Å². The summed E-state index contributed by atoms with van der Waals surface area (Å²) >= 11 is 1.97. The first kappa shape index (κ1) is 11.5. The van der Waals surface area contributed by atoms with Gasteiger partial charge in [0.1, 0.15) is 0 Å². The van der Waals surface area contributed by atoms with Crippen LogP contribution in [0.15, 0.2) is 30.3 Å². The van der Waals surface area contributed by atoms with Crippen LogP contribution < -0.4 is 5.73 Å². The van der Waals surface area contributed by atoms with Gasteiger partial charge in [-0.25, -0.2) is 0 Å². The molecule has 0 unspecified atom stereocenters. The third-order valence-electron chi connectivity index (χ3n) is 3.04. The summed E-state index contributed by atoms with van der Waals surface area (Å²) in [5, 5.41) is 7.36. The number of thioether (sulfide) groups is 1. The summed E-state index contributed by atoms with van der Waals surface area (Å²) in [7, 11) is 0. The lowest BCUT2D eigenvalue weighted by Crippen LogP contribution is -2.18. The zero-order valence-electron chi connectivity index (χ0n) is 9.41. The third kappa shape index (κ3) is 3.27. The van der Waals surface area contributed by atoms with Crippen molar-refractivity contribution in [2.45, 2.75) is 25.0 Å². The average Bonchev–Trinajstić information content (AvgIpc) is 2.99. The van der Waals surface area contributed by atoms with Gasteiger partial charge in [-0.15, -0.1) is 0 Å². The van der Waals surface area contributed by atoms with E-state index in [0.717, 1.165) is 17.9 Å². The van der Waals surface area contributed by atoms with Crippen LogP contribution >= 0.6 is 11.8 Å². The molecule has 1 aliphatic carbocycles. The first-order valence-corrected chi connectivity index (χ1v) is 6.80. The normalized spacial score (nSPS) is 17.0. The molecule has 0 aliphatic heterocycles. The van der Waals surface area contributed by atoms with Gasteiger partial charge < -0.3 is 5.73 Å². The Bertz CT molecular complexity index is 357. The standard InChI is InChI=1S/C13H18N2S/c14-12(15)8-13(6-7-13)10-16-9-11-4-2-1-3-5-11/h1-5H,6-10H2,(H3,14,15). The molecule has 0 heterocycles. The van der Waals surface area contributed by atoms with Crippen LogP contribution in [0.2, 0.25) is 0 Å². The molecule has 1 fully saturated rings.